The van der Waals surface area contributed by atoms with Gasteiger partial charge in [-0.25, -0.2) is 4.79 Å². The molecule has 0 spiro atoms. The number of nitrogens with zero attached hydrogens (tertiary/aromatic N) is 1. The molecule has 1 fully saturated rings. The normalized spacial score (nSPS) is 18.5. The summed E-state index contributed by atoms with van der Waals surface area (Å²) in [5.74, 6) is -0.996. The summed E-state index contributed by atoms with van der Waals surface area (Å²) in [6.07, 6.45) is 1.48. The molecule has 1 unspecified atom stereocenters. The molecule has 1 amide bonds. The van der Waals surface area contributed by atoms with Crippen molar-refractivity contribution < 1.29 is 19.8 Å². The summed E-state index contributed by atoms with van der Waals surface area (Å²) in [7, 11) is 0. The molecule has 126 valence electrons. The Labute approximate surface area is 136 Å². The second-order valence-corrected chi connectivity index (χ2v) is 6.44. The van der Waals surface area contributed by atoms with Crippen LogP contribution in [-0.2, 0) is 9.59 Å². The van der Waals surface area contributed by atoms with E-state index in [2.05, 4.69) is 31.2 Å². The van der Waals surface area contributed by atoms with E-state index in [9.17, 15) is 14.7 Å². The minimum atomic E-state index is -1.68. The topological polar surface area (TPSA) is 77.8 Å². The maximum absolute atomic E-state index is 12.5. The monoisotopic (exact) mass is 319 g/mol. The zero-order chi connectivity index (χ0) is 17.0. The summed E-state index contributed by atoms with van der Waals surface area (Å²) in [4.78, 5) is 25.2. The maximum Gasteiger partial charge on any atom is 0.335 e. The number of amides is 1. The van der Waals surface area contributed by atoms with E-state index in [4.69, 9.17) is 5.11 Å². The van der Waals surface area contributed by atoms with E-state index >= 15 is 0 Å². The van der Waals surface area contributed by atoms with Gasteiger partial charge in [-0.05, 0) is 24.8 Å². The smallest absolute Gasteiger partial charge is 0.335 e. The van der Waals surface area contributed by atoms with Gasteiger partial charge in [0.2, 0.25) is 5.91 Å². The van der Waals surface area contributed by atoms with Crippen LogP contribution in [0.3, 0.4) is 0 Å². The Morgan fingerprint density at radius 1 is 1.22 bits per heavy atom. The van der Waals surface area contributed by atoms with Crippen molar-refractivity contribution in [2.24, 2.45) is 0 Å². The summed E-state index contributed by atoms with van der Waals surface area (Å²) in [6, 6.07) is 8.24. The number of carbonyl (C=O) groups excluding carboxylic acids is 1. The molecule has 2 rings (SSSR count). The van der Waals surface area contributed by atoms with Gasteiger partial charge in [-0.1, -0.05) is 36.8 Å². The third-order valence-corrected chi connectivity index (χ3v) is 4.80. The molecular formula is C18H25NO4. The number of aliphatic hydroxyl groups is 1. The molecule has 2 N–H and O–H groups in total. The number of aryl methyl sites for hydroxylation is 1. The first kappa shape index (κ1) is 17.5. The van der Waals surface area contributed by atoms with E-state index < -0.39 is 11.6 Å². The van der Waals surface area contributed by atoms with Gasteiger partial charge in [-0.3, -0.25) is 4.79 Å². The number of piperidine rings is 1. The molecule has 0 aromatic heterocycles. The standard InChI is InChI=1S/C18H25NO4/c1-3-14(15-6-4-13(2)5-7-15)12-16(20)19-10-8-18(23,9-11-19)17(21)22/h4-7,14,23H,3,8-12H2,1-2H3,(H,21,22). The van der Waals surface area contributed by atoms with Gasteiger partial charge in [0.1, 0.15) is 0 Å². The van der Waals surface area contributed by atoms with Crippen LogP contribution in [0.4, 0.5) is 0 Å². The first-order valence-corrected chi connectivity index (χ1v) is 8.16. The van der Waals surface area contributed by atoms with Gasteiger partial charge in [-0.15, -0.1) is 0 Å². The highest BCUT2D eigenvalue weighted by Gasteiger charge is 2.40. The summed E-state index contributed by atoms with van der Waals surface area (Å²) in [5, 5.41) is 19.0. The van der Waals surface area contributed by atoms with Crippen LogP contribution in [0.15, 0.2) is 24.3 Å². The Morgan fingerprint density at radius 2 is 1.78 bits per heavy atom. The average molecular weight is 319 g/mol. The van der Waals surface area contributed by atoms with E-state index in [0.29, 0.717) is 19.5 Å². The van der Waals surface area contributed by atoms with Gasteiger partial charge in [0.15, 0.2) is 5.60 Å². The van der Waals surface area contributed by atoms with Crippen molar-refractivity contribution in [2.75, 3.05) is 13.1 Å². The van der Waals surface area contributed by atoms with Crippen molar-refractivity contribution in [3.05, 3.63) is 35.4 Å². The lowest BCUT2D eigenvalue weighted by molar-refractivity contribution is -0.165. The number of carboxylic acids is 1. The van der Waals surface area contributed by atoms with Crippen LogP contribution < -0.4 is 0 Å². The second kappa shape index (κ2) is 7.13. The fourth-order valence-corrected chi connectivity index (χ4v) is 3.02. The molecule has 0 bridgehead atoms. The molecule has 1 aliphatic rings. The van der Waals surface area contributed by atoms with Crippen molar-refractivity contribution >= 4 is 11.9 Å². The molecule has 5 heteroatoms. The van der Waals surface area contributed by atoms with Gasteiger partial charge in [0.25, 0.3) is 0 Å². The zero-order valence-electron chi connectivity index (χ0n) is 13.8. The molecule has 1 aromatic rings. The second-order valence-electron chi connectivity index (χ2n) is 6.44. The van der Waals surface area contributed by atoms with Crippen molar-refractivity contribution in [1.82, 2.24) is 4.90 Å². The minimum absolute atomic E-state index is 0.0323. The molecular weight excluding hydrogens is 294 g/mol. The number of aliphatic carboxylic acids is 1. The molecule has 0 aliphatic carbocycles. The highest BCUT2D eigenvalue weighted by molar-refractivity contribution is 5.80. The highest BCUT2D eigenvalue weighted by atomic mass is 16.4. The molecule has 1 saturated heterocycles. The fourth-order valence-electron chi connectivity index (χ4n) is 3.02. The van der Waals surface area contributed by atoms with Crippen molar-refractivity contribution in [2.45, 2.75) is 51.0 Å². The lowest BCUT2D eigenvalue weighted by Crippen LogP contribution is -2.51. The van der Waals surface area contributed by atoms with Crippen molar-refractivity contribution in [1.29, 1.82) is 0 Å². The summed E-state index contributed by atoms with van der Waals surface area (Å²) in [5.41, 5.74) is 0.669. The van der Waals surface area contributed by atoms with E-state index in [0.717, 1.165) is 12.0 Å². The number of hydrogen-bond acceptors (Lipinski definition) is 3. The maximum atomic E-state index is 12.5. The summed E-state index contributed by atoms with van der Waals surface area (Å²) >= 11 is 0. The lowest BCUT2D eigenvalue weighted by Gasteiger charge is -2.36. The molecule has 0 saturated carbocycles. The number of rotatable bonds is 5. The summed E-state index contributed by atoms with van der Waals surface area (Å²) < 4.78 is 0. The molecule has 1 aromatic carbocycles. The highest BCUT2D eigenvalue weighted by Crippen LogP contribution is 2.27. The Balaban J connectivity index is 1.96. The largest absolute Gasteiger partial charge is 0.479 e. The van der Waals surface area contributed by atoms with Crippen LogP contribution in [0, 0.1) is 6.92 Å². The Morgan fingerprint density at radius 3 is 2.26 bits per heavy atom. The van der Waals surface area contributed by atoms with Crippen LogP contribution in [-0.4, -0.2) is 45.7 Å². The van der Waals surface area contributed by atoms with Gasteiger partial charge in [0.05, 0.1) is 0 Å². The fraction of sp³-hybridized carbons (Fsp3) is 0.556. The molecule has 5 nitrogen and oxygen atoms in total. The Kier molecular flexibility index (Phi) is 5.42. The first-order valence-electron chi connectivity index (χ1n) is 8.16. The zero-order valence-corrected chi connectivity index (χ0v) is 13.8. The Hall–Kier alpha value is -1.88. The molecule has 23 heavy (non-hydrogen) atoms. The third kappa shape index (κ3) is 4.10. The molecule has 1 aliphatic heterocycles. The molecule has 0 radical (unpaired) electrons. The summed E-state index contributed by atoms with van der Waals surface area (Å²) in [6.45, 7) is 4.70. The quantitative estimate of drug-likeness (QED) is 0.873. The Bertz CT molecular complexity index is 559. The lowest BCUT2D eigenvalue weighted by atomic mass is 9.89. The van der Waals surface area contributed by atoms with E-state index in [1.54, 1.807) is 4.90 Å². The van der Waals surface area contributed by atoms with Crippen LogP contribution in [0.5, 0.6) is 0 Å². The molecule has 1 heterocycles. The van der Waals surface area contributed by atoms with Crippen molar-refractivity contribution in [3.8, 4) is 0 Å². The number of hydrogen-bond donors (Lipinski definition) is 2. The minimum Gasteiger partial charge on any atom is -0.479 e. The SMILES string of the molecule is CCC(CC(=O)N1CCC(O)(C(=O)O)CC1)c1ccc(C)cc1. The average Bonchev–Trinajstić information content (AvgIpc) is 2.54. The van der Waals surface area contributed by atoms with E-state index in [-0.39, 0.29) is 24.7 Å². The van der Waals surface area contributed by atoms with Crippen LogP contribution in [0.25, 0.3) is 0 Å². The number of benzene rings is 1. The van der Waals surface area contributed by atoms with E-state index in [1.165, 1.54) is 5.56 Å². The number of carbonyl (C=O) groups is 2. The number of carboxylic acid groups (broad SMARTS) is 1. The van der Waals surface area contributed by atoms with Crippen LogP contribution >= 0.6 is 0 Å². The van der Waals surface area contributed by atoms with Crippen LogP contribution in [0.1, 0.15) is 49.7 Å². The predicted octanol–water partition coefficient (Wildman–Crippen LogP) is 2.32. The van der Waals surface area contributed by atoms with Gasteiger partial charge in [-0.2, -0.15) is 0 Å². The molecule has 1 atom stereocenters. The van der Waals surface area contributed by atoms with Crippen LogP contribution in [0.2, 0.25) is 0 Å². The van der Waals surface area contributed by atoms with Gasteiger partial charge < -0.3 is 15.1 Å². The first-order chi connectivity index (χ1) is 10.9. The van der Waals surface area contributed by atoms with E-state index in [1.807, 2.05) is 6.92 Å². The van der Waals surface area contributed by atoms with Gasteiger partial charge in [0, 0.05) is 32.4 Å². The third-order valence-electron chi connectivity index (χ3n) is 4.80. The van der Waals surface area contributed by atoms with Gasteiger partial charge >= 0.3 is 5.97 Å². The predicted molar refractivity (Wildman–Crippen MR) is 87.2 cm³/mol. The van der Waals surface area contributed by atoms with Crippen molar-refractivity contribution in [3.63, 3.8) is 0 Å². The number of likely N-dealkylation sites (tertiary alicyclic amines) is 1.